The Bertz CT molecular complexity index is 1190. The van der Waals surface area contributed by atoms with E-state index >= 15 is 0 Å². The first-order valence-corrected chi connectivity index (χ1v) is 12.9. The average molecular weight is 495 g/mol. The van der Waals surface area contributed by atoms with Crippen LogP contribution in [-0.4, -0.2) is 44.0 Å². The second-order valence-corrected chi connectivity index (χ2v) is 10.9. The minimum Gasteiger partial charge on any atom is -0.347 e. The summed E-state index contributed by atoms with van der Waals surface area (Å²) < 4.78 is 62.4. The molecule has 2 amide bonds. The third kappa shape index (κ3) is 5.27. The lowest BCUT2D eigenvalue weighted by atomic mass is 10.00. The maximum atomic E-state index is 13.2. The number of halogens is 3. The number of benzene rings is 2. The Morgan fingerprint density at radius 3 is 2.32 bits per heavy atom. The molecule has 2 fully saturated rings. The Hall–Kier alpha value is -2.88. The highest BCUT2D eigenvalue weighted by atomic mass is 32.2. The average Bonchev–Trinajstić information content (AvgIpc) is 3.51. The second kappa shape index (κ2) is 9.05. The predicted molar refractivity (Wildman–Crippen MR) is 119 cm³/mol. The Kier molecular flexibility index (Phi) is 6.46. The molecule has 1 saturated heterocycles. The highest BCUT2D eigenvalue weighted by Crippen LogP contribution is 2.42. The molecule has 2 aromatic rings. The van der Waals surface area contributed by atoms with Crippen molar-refractivity contribution in [2.24, 2.45) is 5.92 Å². The van der Waals surface area contributed by atoms with Gasteiger partial charge in [-0.3, -0.25) is 9.59 Å². The molecule has 10 heteroatoms. The van der Waals surface area contributed by atoms with Gasteiger partial charge in [-0.05, 0) is 67.5 Å². The van der Waals surface area contributed by atoms with Crippen LogP contribution in [0.15, 0.2) is 53.4 Å². The Morgan fingerprint density at radius 2 is 1.74 bits per heavy atom. The minimum atomic E-state index is -4.43. The van der Waals surface area contributed by atoms with Gasteiger partial charge in [0.2, 0.25) is 5.91 Å². The van der Waals surface area contributed by atoms with E-state index < -0.39 is 39.6 Å². The van der Waals surface area contributed by atoms with E-state index in [4.69, 9.17) is 0 Å². The van der Waals surface area contributed by atoms with Crippen LogP contribution in [0.3, 0.4) is 0 Å². The third-order valence-electron chi connectivity index (χ3n) is 6.31. The fraction of sp³-hybridized carbons (Fsp3) is 0.417. The van der Waals surface area contributed by atoms with E-state index in [1.807, 2.05) is 0 Å². The molecular formula is C24H25F3N2O4S. The van der Waals surface area contributed by atoms with E-state index in [1.54, 1.807) is 0 Å². The number of amides is 2. The molecule has 1 heterocycles. The highest BCUT2D eigenvalue weighted by molar-refractivity contribution is 7.90. The van der Waals surface area contributed by atoms with Crippen LogP contribution in [0.2, 0.25) is 0 Å². The number of likely N-dealkylation sites (tertiary alicyclic amines) is 1. The molecule has 0 bridgehead atoms. The Balaban J connectivity index is 1.51. The number of carbonyl (C=O) groups excluding carboxylic acids is 2. The van der Waals surface area contributed by atoms with Gasteiger partial charge in [0.15, 0.2) is 9.84 Å². The van der Waals surface area contributed by atoms with Crippen molar-refractivity contribution in [3.8, 4) is 0 Å². The lowest BCUT2D eigenvalue weighted by Crippen LogP contribution is -2.47. The van der Waals surface area contributed by atoms with Crippen molar-refractivity contribution in [1.82, 2.24) is 10.2 Å². The van der Waals surface area contributed by atoms with Crippen LogP contribution >= 0.6 is 0 Å². The van der Waals surface area contributed by atoms with Gasteiger partial charge >= 0.3 is 6.18 Å². The molecule has 0 spiro atoms. The number of hydrogen-bond acceptors (Lipinski definition) is 4. The molecule has 2 aromatic carbocycles. The lowest BCUT2D eigenvalue weighted by molar-refractivity contribution is -0.137. The molecule has 1 saturated carbocycles. The van der Waals surface area contributed by atoms with Gasteiger partial charge in [0.25, 0.3) is 5.91 Å². The zero-order valence-electron chi connectivity index (χ0n) is 18.5. The first kappa shape index (κ1) is 24.3. The summed E-state index contributed by atoms with van der Waals surface area (Å²) in [5.74, 6) is -0.653. The molecule has 182 valence electrons. The number of alkyl halides is 3. The molecule has 2 atom stereocenters. The Morgan fingerprint density at radius 1 is 1.06 bits per heavy atom. The quantitative estimate of drug-likeness (QED) is 0.659. The monoisotopic (exact) mass is 494 g/mol. The van der Waals surface area contributed by atoms with Gasteiger partial charge in [0.1, 0.15) is 6.04 Å². The summed E-state index contributed by atoms with van der Waals surface area (Å²) in [6, 6.07) is 9.35. The molecule has 6 nitrogen and oxygen atoms in total. The smallest absolute Gasteiger partial charge is 0.347 e. The number of hydrogen-bond donors (Lipinski definition) is 1. The van der Waals surface area contributed by atoms with E-state index in [1.165, 1.54) is 41.3 Å². The minimum absolute atomic E-state index is 0.0228. The summed E-state index contributed by atoms with van der Waals surface area (Å²) in [5.41, 5.74) is 0.0331. The van der Waals surface area contributed by atoms with Gasteiger partial charge in [0, 0.05) is 18.4 Å². The van der Waals surface area contributed by atoms with Gasteiger partial charge in [-0.2, -0.15) is 13.2 Å². The highest BCUT2D eigenvalue weighted by Gasteiger charge is 2.39. The molecule has 34 heavy (non-hydrogen) atoms. The molecule has 1 aliphatic heterocycles. The molecule has 0 unspecified atom stereocenters. The van der Waals surface area contributed by atoms with Crippen LogP contribution < -0.4 is 5.32 Å². The Labute approximate surface area is 196 Å². The van der Waals surface area contributed by atoms with Crippen molar-refractivity contribution >= 4 is 21.7 Å². The van der Waals surface area contributed by atoms with E-state index in [9.17, 15) is 31.2 Å². The van der Waals surface area contributed by atoms with E-state index in [0.29, 0.717) is 24.9 Å². The number of nitrogens with one attached hydrogen (secondary N) is 1. The lowest BCUT2D eigenvalue weighted by Gasteiger charge is -2.27. The first-order chi connectivity index (χ1) is 15.9. The molecule has 4 rings (SSSR count). The molecule has 0 radical (unpaired) electrons. The zero-order valence-corrected chi connectivity index (χ0v) is 19.3. The number of nitrogens with zero attached hydrogens (tertiary/aromatic N) is 1. The molecule has 2 aliphatic rings. The van der Waals surface area contributed by atoms with Gasteiger partial charge in [-0.1, -0.05) is 18.2 Å². The maximum absolute atomic E-state index is 13.2. The van der Waals surface area contributed by atoms with Crippen molar-refractivity contribution < 1.29 is 31.2 Å². The molecule has 1 N–H and O–H groups in total. The van der Waals surface area contributed by atoms with Gasteiger partial charge in [-0.25, -0.2) is 8.42 Å². The summed E-state index contributed by atoms with van der Waals surface area (Å²) >= 11 is 0. The third-order valence-corrected chi connectivity index (χ3v) is 7.42. The number of carbonyl (C=O) groups is 2. The van der Waals surface area contributed by atoms with Crippen molar-refractivity contribution in [3.63, 3.8) is 0 Å². The van der Waals surface area contributed by atoms with E-state index in [2.05, 4.69) is 5.32 Å². The summed E-state index contributed by atoms with van der Waals surface area (Å²) in [4.78, 5) is 27.8. The standard InChI is InChI=1S/C24H25F3N2O4S/c1-34(32,33)19-5-2-4-17(14-19)23(31)29-13-3-6-20(29)22(30)28-21(15-7-8-15)16-9-11-18(12-10-16)24(25,26)27/h2,4-5,9-12,14-15,20-21H,3,6-8,13H2,1H3,(H,28,30)/t20-,21-/m1/s1. The van der Waals surface area contributed by atoms with Gasteiger partial charge < -0.3 is 10.2 Å². The van der Waals surface area contributed by atoms with Gasteiger partial charge in [0.05, 0.1) is 16.5 Å². The van der Waals surface area contributed by atoms with Crippen LogP contribution in [0.5, 0.6) is 0 Å². The van der Waals surface area contributed by atoms with Crippen LogP contribution in [0.25, 0.3) is 0 Å². The van der Waals surface area contributed by atoms with Crippen molar-refractivity contribution in [2.75, 3.05) is 12.8 Å². The number of sulfone groups is 1. The summed E-state index contributed by atoms with van der Waals surface area (Å²) in [6.45, 7) is 0.356. The summed E-state index contributed by atoms with van der Waals surface area (Å²) in [7, 11) is -3.49. The van der Waals surface area contributed by atoms with Crippen LogP contribution in [-0.2, 0) is 20.8 Å². The normalized spacial score (nSPS) is 19.6. The molecular weight excluding hydrogens is 469 g/mol. The second-order valence-electron chi connectivity index (χ2n) is 8.90. The topological polar surface area (TPSA) is 83.6 Å². The van der Waals surface area contributed by atoms with Crippen molar-refractivity contribution in [2.45, 2.75) is 48.8 Å². The van der Waals surface area contributed by atoms with Crippen LogP contribution in [0.4, 0.5) is 13.2 Å². The summed E-state index contributed by atoms with van der Waals surface area (Å²) in [5, 5.41) is 2.96. The van der Waals surface area contributed by atoms with E-state index in [0.717, 1.165) is 31.2 Å². The predicted octanol–water partition coefficient (Wildman–Crippen LogP) is 3.98. The van der Waals surface area contributed by atoms with Gasteiger partial charge in [-0.15, -0.1) is 0 Å². The van der Waals surface area contributed by atoms with Crippen LogP contribution in [0.1, 0.15) is 53.2 Å². The number of rotatable bonds is 6. The fourth-order valence-electron chi connectivity index (χ4n) is 4.34. The maximum Gasteiger partial charge on any atom is 0.416 e. The largest absolute Gasteiger partial charge is 0.416 e. The van der Waals surface area contributed by atoms with Crippen molar-refractivity contribution in [3.05, 3.63) is 65.2 Å². The summed E-state index contributed by atoms with van der Waals surface area (Å²) in [6.07, 6.45) is -0.592. The van der Waals surface area contributed by atoms with Crippen molar-refractivity contribution in [1.29, 1.82) is 0 Å². The SMILES string of the molecule is CS(=O)(=O)c1cccc(C(=O)N2CCC[C@@H]2C(=O)N[C@@H](c2ccc(C(F)(F)F)cc2)C2CC2)c1. The fourth-order valence-corrected chi connectivity index (χ4v) is 5.01. The van der Waals surface area contributed by atoms with Crippen LogP contribution in [0, 0.1) is 5.92 Å². The van der Waals surface area contributed by atoms with E-state index in [-0.39, 0.29) is 22.3 Å². The molecule has 1 aliphatic carbocycles. The zero-order chi connectivity index (χ0) is 24.7. The molecule has 0 aromatic heterocycles. The first-order valence-electron chi connectivity index (χ1n) is 11.0.